The van der Waals surface area contributed by atoms with Gasteiger partial charge in [-0.2, -0.15) is 0 Å². The highest BCUT2D eigenvalue weighted by Gasteiger charge is 2.24. The maximum atomic E-state index is 5.55. The summed E-state index contributed by atoms with van der Waals surface area (Å²) in [6.07, 6.45) is 2.33. The topological polar surface area (TPSA) is 30.3 Å². The summed E-state index contributed by atoms with van der Waals surface area (Å²) >= 11 is 3.54. The predicted molar refractivity (Wildman–Crippen MR) is 109 cm³/mol. The van der Waals surface area contributed by atoms with Crippen molar-refractivity contribution in [2.45, 2.75) is 25.3 Å². The molecule has 136 valence electrons. The number of fused-ring (bicyclic) bond motifs is 1. The van der Waals surface area contributed by atoms with Gasteiger partial charge in [0.05, 0.1) is 24.7 Å². The number of hydrogen-bond acceptors (Lipinski definition) is 3. The third kappa shape index (κ3) is 3.38. The molecule has 0 aliphatic carbocycles. The lowest BCUT2D eigenvalue weighted by atomic mass is 9.89. The fraction of sp³-hybridized carbons (Fsp3) is 0.381. The Morgan fingerprint density at radius 2 is 1.92 bits per heavy atom. The molecule has 0 amide bonds. The van der Waals surface area contributed by atoms with Gasteiger partial charge in [0.1, 0.15) is 11.6 Å². The van der Waals surface area contributed by atoms with Crippen LogP contribution in [0.3, 0.4) is 0 Å². The second kappa shape index (κ2) is 7.41. The first-order valence-corrected chi connectivity index (χ1v) is 9.91. The summed E-state index contributed by atoms with van der Waals surface area (Å²) in [5, 5.41) is 0. The van der Waals surface area contributed by atoms with Gasteiger partial charge in [-0.1, -0.05) is 34.1 Å². The Bertz CT molecular complexity index is 913. The summed E-state index contributed by atoms with van der Waals surface area (Å²) in [7, 11) is 3.87. The smallest absolute Gasteiger partial charge is 0.123 e. The Hall–Kier alpha value is -1.85. The van der Waals surface area contributed by atoms with Crippen LogP contribution in [0.2, 0.25) is 0 Å². The van der Waals surface area contributed by atoms with Crippen molar-refractivity contribution in [1.82, 2.24) is 14.5 Å². The van der Waals surface area contributed by atoms with Crippen LogP contribution in [0.5, 0.6) is 5.75 Å². The van der Waals surface area contributed by atoms with Crippen LogP contribution in [-0.2, 0) is 13.6 Å². The summed E-state index contributed by atoms with van der Waals surface area (Å²) < 4.78 is 8.84. The maximum absolute atomic E-state index is 5.55. The van der Waals surface area contributed by atoms with Crippen molar-refractivity contribution in [1.29, 1.82) is 0 Å². The van der Waals surface area contributed by atoms with Crippen LogP contribution in [-0.4, -0.2) is 34.7 Å². The number of nitrogens with zero attached hydrogens (tertiary/aromatic N) is 3. The zero-order valence-corrected chi connectivity index (χ0v) is 16.9. The minimum atomic E-state index is 0.582. The van der Waals surface area contributed by atoms with E-state index in [2.05, 4.69) is 68.8 Å². The number of aromatic nitrogens is 2. The normalized spacial score (nSPS) is 16.3. The molecule has 4 nitrogen and oxygen atoms in total. The third-order valence-electron chi connectivity index (χ3n) is 5.47. The summed E-state index contributed by atoms with van der Waals surface area (Å²) in [6, 6.07) is 14.7. The summed E-state index contributed by atoms with van der Waals surface area (Å²) in [4.78, 5) is 7.36. The largest absolute Gasteiger partial charge is 0.496 e. The van der Waals surface area contributed by atoms with E-state index in [1.165, 1.54) is 11.1 Å². The van der Waals surface area contributed by atoms with Crippen molar-refractivity contribution < 1.29 is 4.74 Å². The molecule has 4 rings (SSSR count). The van der Waals surface area contributed by atoms with Gasteiger partial charge in [-0.15, -0.1) is 0 Å². The predicted octanol–water partition coefficient (Wildman–Crippen LogP) is 4.72. The molecule has 2 aromatic carbocycles. The SMILES string of the molecule is COc1ccccc1C1CCN(Cc2nc3cc(Br)ccc3n2C)CC1. The van der Waals surface area contributed by atoms with Gasteiger partial charge in [0.15, 0.2) is 0 Å². The molecule has 26 heavy (non-hydrogen) atoms. The van der Waals surface area contributed by atoms with E-state index in [1.807, 2.05) is 6.07 Å². The van der Waals surface area contributed by atoms with Crippen LogP contribution >= 0.6 is 15.9 Å². The van der Waals surface area contributed by atoms with E-state index in [-0.39, 0.29) is 0 Å². The zero-order valence-electron chi connectivity index (χ0n) is 15.3. The minimum absolute atomic E-state index is 0.582. The molecule has 0 unspecified atom stereocenters. The van der Waals surface area contributed by atoms with Crippen molar-refractivity contribution in [2.75, 3.05) is 20.2 Å². The molecule has 0 spiro atoms. The van der Waals surface area contributed by atoms with Crippen LogP contribution in [0.1, 0.15) is 30.1 Å². The quantitative estimate of drug-likeness (QED) is 0.619. The first kappa shape index (κ1) is 17.6. The Labute approximate surface area is 162 Å². The fourth-order valence-electron chi connectivity index (χ4n) is 3.97. The van der Waals surface area contributed by atoms with Crippen LogP contribution in [0.15, 0.2) is 46.9 Å². The molecule has 0 atom stereocenters. The number of para-hydroxylation sites is 1. The molecule has 0 N–H and O–H groups in total. The van der Waals surface area contributed by atoms with Gasteiger partial charge in [0.25, 0.3) is 0 Å². The van der Waals surface area contributed by atoms with Crippen LogP contribution in [0, 0.1) is 0 Å². The number of likely N-dealkylation sites (tertiary alicyclic amines) is 1. The van der Waals surface area contributed by atoms with E-state index in [4.69, 9.17) is 9.72 Å². The molecule has 0 saturated carbocycles. The van der Waals surface area contributed by atoms with Gasteiger partial charge in [-0.05, 0) is 61.7 Å². The number of ether oxygens (including phenoxy) is 1. The summed E-state index contributed by atoms with van der Waals surface area (Å²) in [6.45, 7) is 3.09. The summed E-state index contributed by atoms with van der Waals surface area (Å²) in [5.74, 6) is 2.74. The molecule has 1 fully saturated rings. The fourth-order valence-corrected chi connectivity index (χ4v) is 4.32. The lowest BCUT2D eigenvalue weighted by Gasteiger charge is -2.32. The number of methoxy groups -OCH3 is 1. The van der Waals surface area contributed by atoms with E-state index in [0.717, 1.165) is 54.0 Å². The first-order valence-electron chi connectivity index (χ1n) is 9.12. The van der Waals surface area contributed by atoms with Gasteiger partial charge in [-0.25, -0.2) is 4.98 Å². The average Bonchev–Trinajstić information content (AvgIpc) is 2.97. The monoisotopic (exact) mass is 413 g/mol. The lowest BCUT2D eigenvalue weighted by Crippen LogP contribution is -2.33. The van der Waals surface area contributed by atoms with Crippen molar-refractivity contribution in [3.05, 3.63) is 58.3 Å². The second-order valence-corrected chi connectivity index (χ2v) is 7.93. The molecule has 0 radical (unpaired) electrons. The maximum Gasteiger partial charge on any atom is 0.123 e. The highest BCUT2D eigenvalue weighted by Crippen LogP contribution is 2.34. The van der Waals surface area contributed by atoms with Gasteiger partial charge < -0.3 is 9.30 Å². The number of rotatable bonds is 4. The number of halogens is 1. The molecule has 5 heteroatoms. The Morgan fingerprint density at radius 1 is 1.15 bits per heavy atom. The van der Waals surface area contributed by atoms with E-state index in [0.29, 0.717) is 5.92 Å². The highest BCUT2D eigenvalue weighted by molar-refractivity contribution is 9.10. The highest BCUT2D eigenvalue weighted by atomic mass is 79.9. The van der Waals surface area contributed by atoms with Gasteiger partial charge in [-0.3, -0.25) is 4.90 Å². The molecular weight excluding hydrogens is 390 g/mol. The molecule has 1 aliphatic heterocycles. The van der Waals surface area contributed by atoms with Gasteiger partial charge in [0, 0.05) is 11.5 Å². The molecule has 1 aliphatic rings. The average molecular weight is 414 g/mol. The number of benzene rings is 2. The van der Waals surface area contributed by atoms with E-state index < -0.39 is 0 Å². The third-order valence-corrected chi connectivity index (χ3v) is 5.96. The van der Waals surface area contributed by atoms with Crippen LogP contribution in [0.4, 0.5) is 0 Å². The van der Waals surface area contributed by atoms with Crippen molar-refractivity contribution in [3.63, 3.8) is 0 Å². The molecule has 3 aromatic rings. The molecule has 1 aromatic heterocycles. The minimum Gasteiger partial charge on any atom is -0.496 e. The molecular formula is C21H24BrN3O. The second-order valence-electron chi connectivity index (χ2n) is 7.01. The van der Waals surface area contributed by atoms with E-state index in [1.54, 1.807) is 7.11 Å². The number of imidazole rings is 1. The Kier molecular flexibility index (Phi) is 5.00. The van der Waals surface area contributed by atoms with E-state index >= 15 is 0 Å². The zero-order chi connectivity index (χ0) is 18.1. The molecule has 2 heterocycles. The van der Waals surface area contributed by atoms with Crippen LogP contribution < -0.4 is 4.74 Å². The van der Waals surface area contributed by atoms with Gasteiger partial charge in [0.2, 0.25) is 0 Å². The van der Waals surface area contributed by atoms with Crippen LogP contribution in [0.25, 0.3) is 11.0 Å². The van der Waals surface area contributed by atoms with Gasteiger partial charge >= 0.3 is 0 Å². The summed E-state index contributed by atoms with van der Waals surface area (Å²) in [5.41, 5.74) is 3.59. The molecule has 0 bridgehead atoms. The molecule has 1 saturated heterocycles. The lowest BCUT2D eigenvalue weighted by molar-refractivity contribution is 0.197. The first-order chi connectivity index (χ1) is 12.7. The van der Waals surface area contributed by atoms with Crippen molar-refractivity contribution in [3.8, 4) is 5.75 Å². The standard InChI is InChI=1S/C21H24BrN3O/c1-24-19-8-7-16(22)13-18(19)23-21(24)14-25-11-9-15(10-12-25)17-5-3-4-6-20(17)26-2/h3-8,13,15H,9-12,14H2,1-2H3. The van der Waals surface area contributed by atoms with Crippen molar-refractivity contribution in [2.24, 2.45) is 7.05 Å². The van der Waals surface area contributed by atoms with E-state index in [9.17, 15) is 0 Å². The number of hydrogen-bond donors (Lipinski definition) is 0. The Balaban J connectivity index is 1.45. The Morgan fingerprint density at radius 3 is 2.69 bits per heavy atom. The van der Waals surface area contributed by atoms with Crippen molar-refractivity contribution >= 4 is 27.0 Å². The number of aryl methyl sites for hydroxylation is 1. The number of piperidine rings is 1.